The summed E-state index contributed by atoms with van der Waals surface area (Å²) in [5.74, 6) is 0.803. The number of halogens is 1. The number of ether oxygens (including phenoxy) is 1. The van der Waals surface area contributed by atoms with Gasteiger partial charge in [-0.15, -0.1) is 0 Å². The molecule has 2 aromatic carbocycles. The molecule has 138 valence electrons. The van der Waals surface area contributed by atoms with Crippen molar-refractivity contribution < 1.29 is 9.53 Å². The van der Waals surface area contributed by atoms with E-state index in [2.05, 4.69) is 11.8 Å². The Hall–Kier alpha value is -2.20. The van der Waals surface area contributed by atoms with Crippen molar-refractivity contribution in [3.05, 3.63) is 58.6 Å². The van der Waals surface area contributed by atoms with Crippen LogP contribution in [0.15, 0.2) is 42.5 Å². The van der Waals surface area contributed by atoms with E-state index in [0.717, 1.165) is 35.1 Å². The normalized spacial score (nSPS) is 15.7. The molecular formula is C21H25ClN2O2. The third-order valence-electron chi connectivity index (χ3n) is 4.85. The summed E-state index contributed by atoms with van der Waals surface area (Å²) in [7, 11) is 0. The van der Waals surface area contributed by atoms with Crippen LogP contribution in [0.4, 0.5) is 5.69 Å². The van der Waals surface area contributed by atoms with Crippen LogP contribution in [0.5, 0.6) is 5.75 Å². The van der Waals surface area contributed by atoms with E-state index in [4.69, 9.17) is 16.3 Å². The lowest BCUT2D eigenvalue weighted by Crippen LogP contribution is -2.52. The van der Waals surface area contributed by atoms with Crippen molar-refractivity contribution in [1.82, 2.24) is 4.90 Å². The average Bonchev–Trinajstić information content (AvgIpc) is 2.65. The zero-order valence-corrected chi connectivity index (χ0v) is 16.3. The van der Waals surface area contributed by atoms with Crippen molar-refractivity contribution in [3.63, 3.8) is 0 Å². The minimum absolute atomic E-state index is 0.0377. The zero-order valence-electron chi connectivity index (χ0n) is 15.5. The minimum Gasteiger partial charge on any atom is -0.481 e. The lowest BCUT2D eigenvalue weighted by Gasteiger charge is -2.37. The quantitative estimate of drug-likeness (QED) is 0.810. The van der Waals surface area contributed by atoms with Crippen LogP contribution in [0, 0.1) is 13.8 Å². The molecule has 0 aliphatic carbocycles. The first-order chi connectivity index (χ1) is 12.5. The molecule has 5 heteroatoms. The van der Waals surface area contributed by atoms with Crippen molar-refractivity contribution in [3.8, 4) is 5.75 Å². The molecule has 0 unspecified atom stereocenters. The van der Waals surface area contributed by atoms with E-state index in [0.29, 0.717) is 13.1 Å². The Morgan fingerprint density at radius 2 is 1.73 bits per heavy atom. The average molecular weight is 373 g/mol. The molecule has 4 nitrogen and oxygen atoms in total. The van der Waals surface area contributed by atoms with E-state index in [1.165, 1.54) is 5.56 Å². The highest BCUT2D eigenvalue weighted by Crippen LogP contribution is 2.25. The first kappa shape index (κ1) is 18.6. The van der Waals surface area contributed by atoms with E-state index < -0.39 is 6.10 Å². The number of carbonyl (C=O) groups is 1. The van der Waals surface area contributed by atoms with Crippen molar-refractivity contribution in [2.75, 3.05) is 31.1 Å². The molecule has 1 aliphatic rings. The van der Waals surface area contributed by atoms with Crippen LogP contribution in [0.3, 0.4) is 0 Å². The molecule has 0 N–H and O–H groups in total. The number of piperazine rings is 1. The number of aryl methyl sites for hydroxylation is 2. The number of hydrogen-bond acceptors (Lipinski definition) is 3. The molecule has 0 bridgehead atoms. The molecule has 0 aromatic heterocycles. The molecular weight excluding hydrogens is 348 g/mol. The molecule has 26 heavy (non-hydrogen) atoms. The number of amides is 1. The number of rotatable bonds is 4. The first-order valence-corrected chi connectivity index (χ1v) is 9.35. The summed E-state index contributed by atoms with van der Waals surface area (Å²) in [4.78, 5) is 16.9. The van der Waals surface area contributed by atoms with Crippen LogP contribution in [-0.4, -0.2) is 43.1 Å². The maximum atomic E-state index is 12.7. The van der Waals surface area contributed by atoms with Crippen LogP contribution < -0.4 is 9.64 Å². The molecule has 2 aromatic rings. The van der Waals surface area contributed by atoms with Crippen molar-refractivity contribution in [2.24, 2.45) is 0 Å². The van der Waals surface area contributed by atoms with Crippen LogP contribution in [0.2, 0.25) is 5.02 Å². The Balaban J connectivity index is 1.59. The van der Waals surface area contributed by atoms with Crippen LogP contribution >= 0.6 is 11.6 Å². The smallest absolute Gasteiger partial charge is 0.263 e. The van der Waals surface area contributed by atoms with Gasteiger partial charge in [0, 0.05) is 36.9 Å². The summed E-state index contributed by atoms with van der Waals surface area (Å²) >= 11 is 6.14. The molecule has 1 saturated heterocycles. The number of para-hydroxylation sites is 1. The van der Waals surface area contributed by atoms with Gasteiger partial charge < -0.3 is 14.5 Å². The summed E-state index contributed by atoms with van der Waals surface area (Å²) < 4.78 is 5.88. The van der Waals surface area contributed by atoms with Gasteiger partial charge in [-0.1, -0.05) is 35.9 Å². The van der Waals surface area contributed by atoms with E-state index in [9.17, 15) is 4.79 Å². The Morgan fingerprint density at radius 3 is 2.42 bits per heavy atom. The van der Waals surface area contributed by atoms with E-state index in [-0.39, 0.29) is 5.91 Å². The predicted molar refractivity (Wildman–Crippen MR) is 106 cm³/mol. The third kappa shape index (κ3) is 4.13. The predicted octanol–water partition coefficient (Wildman–Crippen LogP) is 4.07. The van der Waals surface area contributed by atoms with E-state index in [1.54, 1.807) is 0 Å². The van der Waals surface area contributed by atoms with Gasteiger partial charge in [-0.3, -0.25) is 4.79 Å². The van der Waals surface area contributed by atoms with Gasteiger partial charge in [-0.25, -0.2) is 0 Å². The Bertz CT molecular complexity index is 785. The van der Waals surface area contributed by atoms with Gasteiger partial charge in [0.25, 0.3) is 5.91 Å². The van der Waals surface area contributed by atoms with Gasteiger partial charge in [0.2, 0.25) is 0 Å². The van der Waals surface area contributed by atoms with Crippen molar-refractivity contribution >= 4 is 23.2 Å². The maximum absolute atomic E-state index is 12.7. The van der Waals surface area contributed by atoms with Gasteiger partial charge in [0.1, 0.15) is 5.75 Å². The highest BCUT2D eigenvalue weighted by atomic mass is 35.5. The molecule has 1 heterocycles. The van der Waals surface area contributed by atoms with E-state index >= 15 is 0 Å². The fourth-order valence-electron chi connectivity index (χ4n) is 3.28. The fourth-order valence-corrected chi connectivity index (χ4v) is 3.44. The Kier molecular flexibility index (Phi) is 5.72. The fraction of sp³-hybridized carbons (Fsp3) is 0.381. The number of hydrogen-bond donors (Lipinski definition) is 0. The second-order valence-corrected chi connectivity index (χ2v) is 7.21. The number of anilines is 1. The van der Waals surface area contributed by atoms with Gasteiger partial charge >= 0.3 is 0 Å². The van der Waals surface area contributed by atoms with Gasteiger partial charge in [0.15, 0.2) is 6.10 Å². The van der Waals surface area contributed by atoms with Crippen LogP contribution in [0.25, 0.3) is 0 Å². The number of benzene rings is 2. The number of nitrogens with zero attached hydrogens (tertiary/aromatic N) is 2. The maximum Gasteiger partial charge on any atom is 0.263 e. The standard InChI is InChI=1S/C21H25ClN2O2/c1-15-8-9-18(22)14-19(15)23-10-12-24(13-11-23)21(25)17(3)26-20-7-5-4-6-16(20)2/h4-9,14,17H,10-13H2,1-3H3/t17-/m0/s1. The molecule has 1 amide bonds. The van der Waals surface area contributed by atoms with Gasteiger partial charge in [0.05, 0.1) is 0 Å². The monoisotopic (exact) mass is 372 g/mol. The first-order valence-electron chi connectivity index (χ1n) is 8.98. The second-order valence-electron chi connectivity index (χ2n) is 6.77. The summed E-state index contributed by atoms with van der Waals surface area (Å²) in [5, 5.41) is 0.740. The van der Waals surface area contributed by atoms with Crippen molar-refractivity contribution in [2.45, 2.75) is 26.9 Å². The molecule has 0 spiro atoms. The summed E-state index contributed by atoms with van der Waals surface area (Å²) in [6, 6.07) is 13.7. The molecule has 0 saturated carbocycles. The topological polar surface area (TPSA) is 32.8 Å². The van der Waals surface area contributed by atoms with Crippen molar-refractivity contribution in [1.29, 1.82) is 0 Å². The molecule has 3 rings (SSSR count). The van der Waals surface area contributed by atoms with Gasteiger partial charge in [-0.05, 0) is 50.1 Å². The molecule has 1 atom stereocenters. The Morgan fingerprint density at radius 1 is 1.04 bits per heavy atom. The number of carbonyl (C=O) groups excluding carboxylic acids is 1. The Labute approximate surface area is 160 Å². The van der Waals surface area contributed by atoms with Crippen LogP contribution in [0.1, 0.15) is 18.1 Å². The zero-order chi connectivity index (χ0) is 18.7. The summed E-state index contributed by atoms with van der Waals surface area (Å²) in [6.07, 6.45) is -0.490. The lowest BCUT2D eigenvalue weighted by molar-refractivity contribution is -0.138. The highest BCUT2D eigenvalue weighted by molar-refractivity contribution is 6.30. The molecule has 1 aliphatic heterocycles. The second kappa shape index (κ2) is 8.00. The largest absolute Gasteiger partial charge is 0.481 e. The SMILES string of the molecule is Cc1ccccc1O[C@@H](C)C(=O)N1CCN(c2cc(Cl)ccc2C)CC1. The molecule has 0 radical (unpaired) electrons. The highest BCUT2D eigenvalue weighted by Gasteiger charge is 2.26. The third-order valence-corrected chi connectivity index (χ3v) is 5.08. The molecule has 1 fully saturated rings. The summed E-state index contributed by atoms with van der Waals surface area (Å²) in [5.41, 5.74) is 3.38. The van der Waals surface area contributed by atoms with Gasteiger partial charge in [-0.2, -0.15) is 0 Å². The minimum atomic E-state index is -0.490. The van der Waals surface area contributed by atoms with E-state index in [1.807, 2.05) is 61.2 Å². The van der Waals surface area contributed by atoms with Crippen LogP contribution in [-0.2, 0) is 4.79 Å². The summed E-state index contributed by atoms with van der Waals surface area (Å²) in [6.45, 7) is 8.86. The lowest BCUT2D eigenvalue weighted by atomic mass is 10.1.